The van der Waals surface area contributed by atoms with E-state index in [1.807, 2.05) is 48.5 Å². The van der Waals surface area contributed by atoms with Crippen LogP contribution >= 0.6 is 0 Å². The summed E-state index contributed by atoms with van der Waals surface area (Å²) in [7, 11) is 3.21. The maximum absolute atomic E-state index is 11.4. The van der Waals surface area contributed by atoms with Crippen LogP contribution in [-0.2, 0) is 32.2 Å². The van der Waals surface area contributed by atoms with E-state index >= 15 is 0 Å². The van der Waals surface area contributed by atoms with Gasteiger partial charge in [-0.1, -0.05) is 24.3 Å². The summed E-state index contributed by atoms with van der Waals surface area (Å²) in [6, 6.07) is 14.8. The summed E-state index contributed by atoms with van der Waals surface area (Å²) in [4.78, 5) is 11.4. The number of hydrogen-bond acceptors (Lipinski definition) is 7. The van der Waals surface area contributed by atoms with Crippen molar-refractivity contribution in [2.24, 2.45) is 0 Å². The zero-order valence-corrected chi connectivity index (χ0v) is 16.6. The number of benzene rings is 2. The molecule has 1 aliphatic rings. The van der Waals surface area contributed by atoms with E-state index in [-0.39, 0.29) is 19.8 Å². The quantitative estimate of drug-likeness (QED) is 0.610. The number of aldehydes is 1. The third-order valence-electron chi connectivity index (χ3n) is 4.86. The minimum atomic E-state index is -1.41. The van der Waals surface area contributed by atoms with Crippen molar-refractivity contribution < 1.29 is 33.6 Å². The van der Waals surface area contributed by atoms with Crippen LogP contribution in [-0.4, -0.2) is 56.6 Å². The molecular formula is C22H26O7. The normalized spacial score (nSPS) is 23.7. The third kappa shape index (κ3) is 5.33. The van der Waals surface area contributed by atoms with Crippen molar-refractivity contribution in [1.29, 1.82) is 0 Å². The van der Waals surface area contributed by atoms with E-state index in [2.05, 4.69) is 0 Å². The fourth-order valence-corrected chi connectivity index (χ4v) is 3.18. The first kappa shape index (κ1) is 21.3. The average Bonchev–Trinajstić information content (AvgIpc) is 3.08. The lowest BCUT2D eigenvalue weighted by Crippen LogP contribution is -2.49. The van der Waals surface area contributed by atoms with Crippen molar-refractivity contribution in [2.75, 3.05) is 27.4 Å². The van der Waals surface area contributed by atoms with Gasteiger partial charge in [-0.05, 0) is 35.4 Å². The lowest BCUT2D eigenvalue weighted by Gasteiger charge is -2.29. The molecule has 2 aromatic rings. The number of methoxy groups -OCH3 is 2. The lowest BCUT2D eigenvalue weighted by molar-refractivity contribution is -0.138. The molecule has 7 nitrogen and oxygen atoms in total. The number of hydrogen-bond donors (Lipinski definition) is 1. The van der Waals surface area contributed by atoms with Gasteiger partial charge in [0.25, 0.3) is 0 Å². The molecule has 1 unspecified atom stereocenters. The molecule has 0 amide bonds. The van der Waals surface area contributed by atoms with Crippen molar-refractivity contribution in [1.82, 2.24) is 0 Å². The first-order valence-corrected chi connectivity index (χ1v) is 9.32. The molecule has 7 heteroatoms. The molecule has 1 aliphatic heterocycles. The van der Waals surface area contributed by atoms with Gasteiger partial charge in [0.2, 0.25) is 0 Å². The number of carbonyl (C=O) groups is 1. The van der Waals surface area contributed by atoms with E-state index in [1.165, 1.54) is 0 Å². The molecule has 0 radical (unpaired) electrons. The minimum Gasteiger partial charge on any atom is -0.497 e. The first-order valence-electron chi connectivity index (χ1n) is 9.32. The Labute approximate surface area is 170 Å². The summed E-state index contributed by atoms with van der Waals surface area (Å²) in [5.41, 5.74) is 0.421. The monoisotopic (exact) mass is 402 g/mol. The molecular weight excluding hydrogens is 376 g/mol. The number of rotatable bonds is 10. The maximum atomic E-state index is 11.4. The number of ether oxygens (including phenoxy) is 5. The predicted octanol–water partition coefficient (Wildman–Crippen LogP) is 2.13. The maximum Gasteiger partial charge on any atom is 0.151 e. The average molecular weight is 402 g/mol. The Morgan fingerprint density at radius 2 is 1.55 bits per heavy atom. The Kier molecular flexibility index (Phi) is 7.22. The predicted molar refractivity (Wildman–Crippen MR) is 105 cm³/mol. The highest BCUT2D eigenvalue weighted by Crippen LogP contribution is 2.29. The zero-order chi connectivity index (χ0) is 20.7. The lowest BCUT2D eigenvalue weighted by atomic mass is 9.97. The summed E-state index contributed by atoms with van der Waals surface area (Å²) in [6.45, 7) is 0.482. The van der Waals surface area contributed by atoms with Crippen LogP contribution in [0, 0.1) is 0 Å². The molecule has 156 valence electrons. The topological polar surface area (TPSA) is 83.5 Å². The molecule has 3 rings (SSSR count). The second kappa shape index (κ2) is 9.84. The number of aliphatic hydroxyl groups is 1. The van der Waals surface area contributed by atoms with Gasteiger partial charge in [-0.15, -0.1) is 0 Å². The van der Waals surface area contributed by atoms with Gasteiger partial charge < -0.3 is 33.6 Å². The van der Waals surface area contributed by atoms with Crippen LogP contribution < -0.4 is 9.47 Å². The van der Waals surface area contributed by atoms with Crippen molar-refractivity contribution in [2.45, 2.75) is 31.0 Å². The molecule has 0 aliphatic carbocycles. The molecule has 1 saturated heterocycles. The van der Waals surface area contributed by atoms with Crippen LogP contribution in [0.5, 0.6) is 11.5 Å². The molecule has 0 spiro atoms. The van der Waals surface area contributed by atoms with Gasteiger partial charge in [-0.25, -0.2) is 0 Å². The molecule has 1 fully saturated rings. The molecule has 29 heavy (non-hydrogen) atoms. The Bertz CT molecular complexity index is 775. The van der Waals surface area contributed by atoms with Crippen molar-refractivity contribution >= 4 is 6.29 Å². The molecule has 2 aromatic carbocycles. The molecule has 0 saturated carbocycles. The van der Waals surface area contributed by atoms with Crippen LogP contribution in [0.1, 0.15) is 11.1 Å². The van der Waals surface area contributed by atoms with Gasteiger partial charge in [0.1, 0.15) is 29.3 Å². The Balaban J connectivity index is 1.57. The van der Waals surface area contributed by atoms with E-state index in [9.17, 15) is 9.90 Å². The van der Waals surface area contributed by atoms with Crippen molar-refractivity contribution in [3.63, 3.8) is 0 Å². The van der Waals surface area contributed by atoms with Gasteiger partial charge in [-0.2, -0.15) is 0 Å². The highest BCUT2D eigenvalue weighted by Gasteiger charge is 2.50. The van der Waals surface area contributed by atoms with Crippen LogP contribution in [0.25, 0.3) is 0 Å². The smallest absolute Gasteiger partial charge is 0.151 e. The van der Waals surface area contributed by atoms with Gasteiger partial charge in [-0.3, -0.25) is 0 Å². The summed E-state index contributed by atoms with van der Waals surface area (Å²) >= 11 is 0. The summed E-state index contributed by atoms with van der Waals surface area (Å²) in [6.07, 6.45) is -1.01. The van der Waals surface area contributed by atoms with E-state index in [4.69, 9.17) is 23.7 Å². The summed E-state index contributed by atoms with van der Waals surface area (Å²) in [5.74, 6) is 1.50. The van der Waals surface area contributed by atoms with E-state index in [0.717, 1.165) is 22.6 Å². The fraction of sp³-hybridized carbons (Fsp3) is 0.409. The molecule has 1 N–H and O–H groups in total. The van der Waals surface area contributed by atoms with Crippen molar-refractivity contribution in [3.8, 4) is 11.5 Å². The molecule has 3 atom stereocenters. The molecule has 0 bridgehead atoms. The van der Waals surface area contributed by atoms with Crippen LogP contribution in [0.15, 0.2) is 48.5 Å². The SMILES string of the molecule is COc1ccc(COC[C@]2(O)CO[C@H](C=O)C2OCc2ccc(OC)cc2)cc1. The minimum absolute atomic E-state index is 0.0172. The molecule has 0 aromatic heterocycles. The second-order valence-corrected chi connectivity index (χ2v) is 6.94. The van der Waals surface area contributed by atoms with Gasteiger partial charge in [0.15, 0.2) is 6.29 Å². The Hall–Kier alpha value is -2.45. The van der Waals surface area contributed by atoms with Crippen LogP contribution in [0.3, 0.4) is 0 Å². The third-order valence-corrected chi connectivity index (χ3v) is 4.86. The zero-order valence-electron chi connectivity index (χ0n) is 16.6. The highest BCUT2D eigenvalue weighted by molar-refractivity contribution is 5.58. The fourth-order valence-electron chi connectivity index (χ4n) is 3.18. The van der Waals surface area contributed by atoms with Gasteiger partial charge in [0, 0.05) is 0 Å². The van der Waals surface area contributed by atoms with E-state index in [1.54, 1.807) is 14.2 Å². The largest absolute Gasteiger partial charge is 0.497 e. The van der Waals surface area contributed by atoms with Crippen LogP contribution in [0.2, 0.25) is 0 Å². The van der Waals surface area contributed by atoms with Gasteiger partial charge in [0.05, 0.1) is 40.6 Å². The van der Waals surface area contributed by atoms with E-state index < -0.39 is 17.8 Å². The standard InChI is InChI=1S/C22H26O7/c1-25-18-7-3-16(4-8-18)12-27-14-22(24)15-29-20(11-23)21(22)28-13-17-5-9-19(26-2)10-6-17/h3-11,20-21,24H,12-15H2,1-2H3/t20-,21?,22+/m1/s1. The van der Waals surface area contributed by atoms with Crippen molar-refractivity contribution in [3.05, 3.63) is 59.7 Å². The summed E-state index contributed by atoms with van der Waals surface area (Å²) in [5, 5.41) is 11.0. The molecule has 1 heterocycles. The Morgan fingerprint density at radius 3 is 2.07 bits per heavy atom. The van der Waals surface area contributed by atoms with Gasteiger partial charge >= 0.3 is 0 Å². The Morgan fingerprint density at radius 1 is 1.00 bits per heavy atom. The summed E-state index contributed by atoms with van der Waals surface area (Å²) < 4.78 is 27.3. The first-order chi connectivity index (χ1) is 14.1. The van der Waals surface area contributed by atoms with Crippen LogP contribution in [0.4, 0.5) is 0 Å². The second-order valence-electron chi connectivity index (χ2n) is 6.94. The highest BCUT2D eigenvalue weighted by atomic mass is 16.6. The van der Waals surface area contributed by atoms with E-state index in [0.29, 0.717) is 12.9 Å². The number of carbonyl (C=O) groups excluding carboxylic acids is 1.